The average molecular weight is 238 g/mol. The van der Waals surface area contributed by atoms with Crippen LogP contribution in [0.3, 0.4) is 0 Å². The maximum Gasteiger partial charge on any atom is 0.308 e. The molecule has 0 aliphatic heterocycles. The predicted molar refractivity (Wildman–Crippen MR) is 72.8 cm³/mol. The van der Waals surface area contributed by atoms with E-state index in [9.17, 15) is 4.79 Å². The molecule has 0 saturated carbocycles. The standard InChI is InChI=1S/C15H26O2/c1-12(2)8-6-9-13(3)10-7-11-14(4)15(16)17-5/h10,14H,1,6-9,11H2,2-5H3/b13-10+. The molecule has 0 heterocycles. The van der Waals surface area contributed by atoms with Gasteiger partial charge in [0, 0.05) is 0 Å². The van der Waals surface area contributed by atoms with Crippen molar-refractivity contribution >= 4 is 5.97 Å². The van der Waals surface area contributed by atoms with E-state index in [4.69, 9.17) is 4.74 Å². The summed E-state index contributed by atoms with van der Waals surface area (Å²) in [5, 5.41) is 0. The Kier molecular flexibility index (Phi) is 8.47. The van der Waals surface area contributed by atoms with Crippen molar-refractivity contribution in [3.05, 3.63) is 23.8 Å². The maximum atomic E-state index is 11.2. The molecule has 0 aliphatic carbocycles. The van der Waals surface area contributed by atoms with E-state index in [0.717, 1.165) is 25.7 Å². The van der Waals surface area contributed by atoms with Crippen LogP contribution >= 0.6 is 0 Å². The van der Waals surface area contributed by atoms with E-state index in [1.807, 2.05) is 6.92 Å². The van der Waals surface area contributed by atoms with E-state index in [1.165, 1.54) is 24.7 Å². The number of allylic oxidation sites excluding steroid dienone is 3. The van der Waals surface area contributed by atoms with Gasteiger partial charge in [-0.05, 0) is 46.0 Å². The third-order valence-corrected chi connectivity index (χ3v) is 2.87. The maximum absolute atomic E-state index is 11.2. The summed E-state index contributed by atoms with van der Waals surface area (Å²) in [5.41, 5.74) is 2.65. The Hall–Kier alpha value is -1.05. The van der Waals surface area contributed by atoms with Crippen LogP contribution in [-0.4, -0.2) is 13.1 Å². The van der Waals surface area contributed by atoms with Gasteiger partial charge >= 0.3 is 5.97 Å². The van der Waals surface area contributed by atoms with Crippen LogP contribution in [-0.2, 0) is 9.53 Å². The molecule has 0 aromatic heterocycles. The first kappa shape index (κ1) is 16.0. The summed E-state index contributed by atoms with van der Waals surface area (Å²) >= 11 is 0. The molecule has 2 nitrogen and oxygen atoms in total. The van der Waals surface area contributed by atoms with Crippen molar-refractivity contribution in [1.29, 1.82) is 0 Å². The molecule has 0 bridgehead atoms. The number of carbonyl (C=O) groups is 1. The minimum Gasteiger partial charge on any atom is -0.469 e. The van der Waals surface area contributed by atoms with E-state index >= 15 is 0 Å². The van der Waals surface area contributed by atoms with Gasteiger partial charge in [0.2, 0.25) is 0 Å². The summed E-state index contributed by atoms with van der Waals surface area (Å²) in [5.74, 6) is -0.113. The van der Waals surface area contributed by atoms with Crippen LogP contribution in [0.1, 0.15) is 52.9 Å². The topological polar surface area (TPSA) is 26.3 Å². The third-order valence-electron chi connectivity index (χ3n) is 2.87. The van der Waals surface area contributed by atoms with Crippen molar-refractivity contribution in [2.24, 2.45) is 5.92 Å². The molecule has 0 rings (SSSR count). The third kappa shape index (κ3) is 8.73. The van der Waals surface area contributed by atoms with Crippen LogP contribution in [0.15, 0.2) is 23.8 Å². The Morgan fingerprint density at radius 1 is 1.35 bits per heavy atom. The molecule has 0 saturated heterocycles. The fourth-order valence-electron chi connectivity index (χ4n) is 1.67. The molecule has 0 aromatic rings. The number of hydrogen-bond acceptors (Lipinski definition) is 2. The summed E-state index contributed by atoms with van der Waals surface area (Å²) < 4.78 is 4.69. The number of carbonyl (C=O) groups excluding carboxylic acids is 1. The van der Waals surface area contributed by atoms with Gasteiger partial charge in [-0.25, -0.2) is 0 Å². The highest BCUT2D eigenvalue weighted by atomic mass is 16.5. The van der Waals surface area contributed by atoms with Crippen molar-refractivity contribution in [3.8, 4) is 0 Å². The van der Waals surface area contributed by atoms with Crippen LogP contribution in [0.5, 0.6) is 0 Å². The van der Waals surface area contributed by atoms with Crippen molar-refractivity contribution in [2.45, 2.75) is 52.9 Å². The molecule has 0 aromatic carbocycles. The smallest absolute Gasteiger partial charge is 0.308 e. The second-order valence-corrected chi connectivity index (χ2v) is 4.86. The van der Waals surface area contributed by atoms with Crippen molar-refractivity contribution in [1.82, 2.24) is 0 Å². The van der Waals surface area contributed by atoms with E-state index in [2.05, 4.69) is 26.5 Å². The van der Waals surface area contributed by atoms with E-state index < -0.39 is 0 Å². The predicted octanol–water partition coefficient (Wildman–Crippen LogP) is 4.27. The molecule has 1 unspecified atom stereocenters. The summed E-state index contributed by atoms with van der Waals surface area (Å²) in [6, 6.07) is 0. The van der Waals surface area contributed by atoms with Gasteiger partial charge < -0.3 is 4.74 Å². The Labute approximate surface area is 106 Å². The highest BCUT2D eigenvalue weighted by molar-refractivity contribution is 5.71. The monoisotopic (exact) mass is 238 g/mol. The average Bonchev–Trinajstić information content (AvgIpc) is 2.27. The molecule has 0 aliphatic rings. The highest BCUT2D eigenvalue weighted by Gasteiger charge is 2.11. The first-order chi connectivity index (χ1) is 7.97. The highest BCUT2D eigenvalue weighted by Crippen LogP contribution is 2.13. The van der Waals surface area contributed by atoms with Gasteiger partial charge in [0.1, 0.15) is 0 Å². The van der Waals surface area contributed by atoms with E-state index in [-0.39, 0.29) is 11.9 Å². The lowest BCUT2D eigenvalue weighted by Gasteiger charge is -2.07. The fourth-order valence-corrected chi connectivity index (χ4v) is 1.67. The molecule has 2 heteroatoms. The van der Waals surface area contributed by atoms with Gasteiger partial charge in [-0.3, -0.25) is 4.79 Å². The number of esters is 1. The Balaban J connectivity index is 3.76. The molecule has 0 spiro atoms. The molecule has 1 atom stereocenters. The SMILES string of the molecule is C=C(C)CCC/C(C)=C/CCC(C)C(=O)OC. The lowest BCUT2D eigenvalue weighted by Crippen LogP contribution is -2.11. The lowest BCUT2D eigenvalue weighted by molar-refractivity contribution is -0.144. The summed E-state index contributed by atoms with van der Waals surface area (Å²) in [4.78, 5) is 11.2. The number of ether oxygens (including phenoxy) is 1. The molecule has 17 heavy (non-hydrogen) atoms. The summed E-state index contributed by atoms with van der Waals surface area (Å²) in [6.45, 7) is 10.0. The zero-order valence-corrected chi connectivity index (χ0v) is 11.7. The van der Waals surface area contributed by atoms with Crippen molar-refractivity contribution in [3.63, 3.8) is 0 Å². The lowest BCUT2D eigenvalue weighted by atomic mass is 10.0. The second-order valence-electron chi connectivity index (χ2n) is 4.86. The second kappa shape index (κ2) is 9.03. The number of rotatable bonds is 8. The van der Waals surface area contributed by atoms with Gasteiger partial charge in [0.05, 0.1) is 13.0 Å². The van der Waals surface area contributed by atoms with Crippen molar-refractivity contribution in [2.75, 3.05) is 7.11 Å². The van der Waals surface area contributed by atoms with Gasteiger partial charge in [-0.1, -0.05) is 24.1 Å². The largest absolute Gasteiger partial charge is 0.469 e. The zero-order chi connectivity index (χ0) is 13.3. The summed E-state index contributed by atoms with van der Waals surface area (Å²) in [7, 11) is 1.44. The van der Waals surface area contributed by atoms with Gasteiger partial charge in [0.15, 0.2) is 0 Å². The van der Waals surface area contributed by atoms with Crippen LogP contribution in [0.25, 0.3) is 0 Å². The molecule has 0 N–H and O–H groups in total. The molecule has 0 radical (unpaired) electrons. The van der Waals surface area contributed by atoms with Crippen LogP contribution in [0, 0.1) is 5.92 Å². The van der Waals surface area contributed by atoms with Crippen molar-refractivity contribution < 1.29 is 9.53 Å². The minimum atomic E-state index is -0.113. The Morgan fingerprint density at radius 3 is 2.53 bits per heavy atom. The quantitative estimate of drug-likeness (QED) is 0.466. The van der Waals surface area contributed by atoms with Gasteiger partial charge in [-0.15, -0.1) is 6.58 Å². The van der Waals surface area contributed by atoms with Crippen LogP contribution < -0.4 is 0 Å². The molecule has 98 valence electrons. The number of hydrogen-bond donors (Lipinski definition) is 0. The van der Waals surface area contributed by atoms with Gasteiger partial charge in [0.25, 0.3) is 0 Å². The Morgan fingerprint density at radius 2 is 2.00 bits per heavy atom. The minimum absolute atomic E-state index is 0.000491. The zero-order valence-electron chi connectivity index (χ0n) is 11.7. The number of methoxy groups -OCH3 is 1. The first-order valence-electron chi connectivity index (χ1n) is 6.35. The normalized spacial score (nSPS) is 13.3. The summed E-state index contributed by atoms with van der Waals surface area (Å²) in [6.07, 6.45) is 7.45. The van der Waals surface area contributed by atoms with Gasteiger partial charge in [-0.2, -0.15) is 0 Å². The molecule has 0 fully saturated rings. The first-order valence-corrected chi connectivity index (χ1v) is 6.35. The molecular formula is C15H26O2. The fraction of sp³-hybridized carbons (Fsp3) is 0.667. The van der Waals surface area contributed by atoms with E-state index in [0.29, 0.717) is 0 Å². The molecular weight excluding hydrogens is 212 g/mol. The van der Waals surface area contributed by atoms with Crippen LogP contribution in [0.4, 0.5) is 0 Å². The molecule has 0 amide bonds. The Bertz CT molecular complexity index is 277. The van der Waals surface area contributed by atoms with Crippen LogP contribution in [0.2, 0.25) is 0 Å². The van der Waals surface area contributed by atoms with E-state index in [1.54, 1.807) is 0 Å².